The van der Waals surface area contributed by atoms with Gasteiger partial charge in [0.15, 0.2) is 5.79 Å². The molecule has 6 nitrogen and oxygen atoms in total. The molecule has 1 spiro atoms. The zero-order chi connectivity index (χ0) is 16.8. The van der Waals surface area contributed by atoms with Gasteiger partial charge in [-0.05, 0) is 18.4 Å². The maximum absolute atomic E-state index is 11.9. The zero-order valence-electron chi connectivity index (χ0n) is 13.8. The lowest BCUT2D eigenvalue weighted by Gasteiger charge is -2.31. The molecule has 24 heavy (non-hydrogen) atoms. The molecule has 6 heteroatoms. The van der Waals surface area contributed by atoms with Gasteiger partial charge in [-0.3, -0.25) is 9.59 Å². The molecule has 130 valence electrons. The zero-order valence-corrected chi connectivity index (χ0v) is 13.8. The summed E-state index contributed by atoms with van der Waals surface area (Å²) in [5.41, 5.74) is 0.949. The summed E-state index contributed by atoms with van der Waals surface area (Å²) < 4.78 is 11.8. The van der Waals surface area contributed by atoms with Gasteiger partial charge in [-0.1, -0.05) is 36.8 Å². The quantitative estimate of drug-likeness (QED) is 0.819. The molecule has 2 aliphatic rings. The summed E-state index contributed by atoms with van der Waals surface area (Å²) >= 11 is 0. The number of benzene rings is 1. The molecule has 1 saturated heterocycles. The fourth-order valence-corrected chi connectivity index (χ4v) is 3.22. The lowest BCUT2D eigenvalue weighted by molar-refractivity contribution is -0.186. The Morgan fingerprint density at radius 2 is 1.75 bits per heavy atom. The molecule has 3 rings (SSSR count). The van der Waals surface area contributed by atoms with E-state index in [1.165, 1.54) is 6.42 Å². The average molecular weight is 332 g/mol. The van der Waals surface area contributed by atoms with Crippen LogP contribution in [0.3, 0.4) is 0 Å². The van der Waals surface area contributed by atoms with E-state index in [4.69, 9.17) is 9.47 Å². The van der Waals surface area contributed by atoms with Gasteiger partial charge < -0.3 is 20.1 Å². The fraction of sp³-hybridized carbons (Fsp3) is 0.556. The van der Waals surface area contributed by atoms with E-state index in [1.54, 1.807) is 0 Å². The van der Waals surface area contributed by atoms with Crippen LogP contribution in [0, 0.1) is 0 Å². The summed E-state index contributed by atoms with van der Waals surface area (Å²) in [6.45, 7) is 1.09. The number of amides is 2. The van der Waals surface area contributed by atoms with E-state index in [0.29, 0.717) is 19.7 Å². The van der Waals surface area contributed by atoms with Crippen LogP contribution in [0.15, 0.2) is 30.3 Å². The van der Waals surface area contributed by atoms with Gasteiger partial charge in [-0.25, -0.2) is 0 Å². The van der Waals surface area contributed by atoms with Crippen molar-refractivity contribution in [3.63, 3.8) is 0 Å². The third kappa shape index (κ3) is 4.33. The third-order valence-electron chi connectivity index (χ3n) is 4.52. The summed E-state index contributed by atoms with van der Waals surface area (Å²) in [5.74, 6) is -1.73. The van der Waals surface area contributed by atoms with Crippen LogP contribution in [0.25, 0.3) is 0 Å². The molecule has 0 radical (unpaired) electrons. The number of ether oxygens (including phenoxy) is 2. The van der Waals surface area contributed by atoms with Gasteiger partial charge in [-0.2, -0.15) is 0 Å². The first-order valence-electron chi connectivity index (χ1n) is 8.59. The Morgan fingerprint density at radius 1 is 1.04 bits per heavy atom. The average Bonchev–Trinajstić information content (AvgIpc) is 3.01. The van der Waals surface area contributed by atoms with Crippen LogP contribution in [-0.4, -0.2) is 36.9 Å². The molecule has 1 aliphatic carbocycles. The van der Waals surface area contributed by atoms with Gasteiger partial charge in [0.05, 0.1) is 6.61 Å². The first-order valence-corrected chi connectivity index (χ1v) is 8.59. The Balaban J connectivity index is 1.38. The SMILES string of the molecule is O=C(NCc1ccccc1)C(=O)NC[C@H]1COC2(CCCCC2)O1. The van der Waals surface area contributed by atoms with Crippen molar-refractivity contribution < 1.29 is 19.1 Å². The topological polar surface area (TPSA) is 76.7 Å². The van der Waals surface area contributed by atoms with Crippen molar-refractivity contribution in [1.82, 2.24) is 10.6 Å². The Kier molecular flexibility index (Phi) is 5.48. The molecule has 2 amide bonds. The highest BCUT2D eigenvalue weighted by Crippen LogP contribution is 2.37. The molecular formula is C18H24N2O4. The number of carbonyl (C=O) groups is 2. The summed E-state index contributed by atoms with van der Waals surface area (Å²) in [5, 5.41) is 5.23. The van der Waals surface area contributed by atoms with Crippen molar-refractivity contribution in [2.75, 3.05) is 13.2 Å². The van der Waals surface area contributed by atoms with Gasteiger partial charge >= 0.3 is 11.8 Å². The molecule has 2 N–H and O–H groups in total. The first-order chi connectivity index (χ1) is 11.7. The minimum atomic E-state index is -0.640. The molecule has 0 unspecified atom stereocenters. The van der Waals surface area contributed by atoms with Crippen molar-refractivity contribution in [3.8, 4) is 0 Å². The van der Waals surface area contributed by atoms with Crippen LogP contribution in [0.2, 0.25) is 0 Å². The van der Waals surface area contributed by atoms with Gasteiger partial charge in [0, 0.05) is 25.9 Å². The second-order valence-corrected chi connectivity index (χ2v) is 6.40. The molecular weight excluding hydrogens is 308 g/mol. The monoisotopic (exact) mass is 332 g/mol. The number of hydrogen-bond acceptors (Lipinski definition) is 4. The summed E-state index contributed by atoms with van der Waals surface area (Å²) in [6.07, 6.45) is 5.08. The molecule has 1 atom stereocenters. The van der Waals surface area contributed by atoms with E-state index >= 15 is 0 Å². The normalized spacial score (nSPS) is 22.2. The highest BCUT2D eigenvalue weighted by atomic mass is 16.7. The summed E-state index contributed by atoms with van der Waals surface area (Å²) in [7, 11) is 0. The predicted octanol–water partition coefficient (Wildman–Crippen LogP) is 1.49. The molecule has 1 aromatic carbocycles. The predicted molar refractivity (Wildman–Crippen MR) is 87.9 cm³/mol. The summed E-state index contributed by atoms with van der Waals surface area (Å²) in [6, 6.07) is 9.47. The molecule has 1 saturated carbocycles. The minimum Gasteiger partial charge on any atom is -0.347 e. The van der Waals surface area contributed by atoms with Crippen molar-refractivity contribution in [1.29, 1.82) is 0 Å². The van der Waals surface area contributed by atoms with Crippen LogP contribution in [-0.2, 0) is 25.6 Å². The minimum absolute atomic E-state index is 0.186. The second-order valence-electron chi connectivity index (χ2n) is 6.40. The number of hydrogen-bond donors (Lipinski definition) is 2. The Hall–Kier alpha value is -1.92. The first kappa shape index (κ1) is 16.9. The Labute approximate surface area is 141 Å². The van der Waals surface area contributed by atoms with E-state index in [2.05, 4.69) is 10.6 Å². The summed E-state index contributed by atoms with van der Waals surface area (Å²) in [4.78, 5) is 23.7. The molecule has 1 aliphatic heterocycles. The molecule has 1 heterocycles. The Bertz CT molecular complexity index is 570. The van der Waals surface area contributed by atoms with Crippen LogP contribution >= 0.6 is 0 Å². The molecule has 1 aromatic rings. The van der Waals surface area contributed by atoms with Gasteiger partial charge in [0.1, 0.15) is 6.10 Å². The number of carbonyl (C=O) groups excluding carboxylic acids is 2. The van der Waals surface area contributed by atoms with E-state index in [1.807, 2.05) is 30.3 Å². The van der Waals surface area contributed by atoms with Gasteiger partial charge in [0.25, 0.3) is 0 Å². The lowest BCUT2D eigenvalue weighted by atomic mass is 9.94. The van der Waals surface area contributed by atoms with Gasteiger partial charge in [0.2, 0.25) is 0 Å². The maximum atomic E-state index is 11.9. The maximum Gasteiger partial charge on any atom is 0.309 e. The van der Waals surface area contributed by atoms with Crippen LogP contribution in [0.5, 0.6) is 0 Å². The molecule has 2 fully saturated rings. The van der Waals surface area contributed by atoms with Gasteiger partial charge in [-0.15, -0.1) is 0 Å². The van der Waals surface area contributed by atoms with Crippen LogP contribution in [0.1, 0.15) is 37.7 Å². The van der Waals surface area contributed by atoms with Crippen molar-refractivity contribution in [2.45, 2.75) is 50.5 Å². The van der Waals surface area contributed by atoms with Crippen LogP contribution in [0.4, 0.5) is 0 Å². The lowest BCUT2D eigenvalue weighted by Crippen LogP contribution is -2.43. The smallest absolute Gasteiger partial charge is 0.309 e. The molecule has 0 bridgehead atoms. The Morgan fingerprint density at radius 3 is 2.50 bits per heavy atom. The highest BCUT2D eigenvalue weighted by Gasteiger charge is 2.42. The van der Waals surface area contributed by atoms with E-state index < -0.39 is 17.6 Å². The third-order valence-corrected chi connectivity index (χ3v) is 4.52. The van der Waals surface area contributed by atoms with Crippen molar-refractivity contribution in [3.05, 3.63) is 35.9 Å². The second kappa shape index (κ2) is 7.77. The standard InChI is InChI=1S/C18H24N2O4/c21-16(19-11-14-7-3-1-4-8-14)17(22)20-12-15-13-23-18(24-15)9-5-2-6-10-18/h1,3-4,7-8,15H,2,5-6,9-13H2,(H,19,21)(H,20,22)/t15-/m0/s1. The highest BCUT2D eigenvalue weighted by molar-refractivity contribution is 6.35. The van der Waals surface area contributed by atoms with E-state index in [9.17, 15) is 9.59 Å². The van der Waals surface area contributed by atoms with E-state index in [-0.39, 0.29) is 6.10 Å². The number of rotatable bonds is 4. The van der Waals surface area contributed by atoms with Crippen molar-refractivity contribution in [2.24, 2.45) is 0 Å². The van der Waals surface area contributed by atoms with E-state index in [0.717, 1.165) is 31.2 Å². The van der Waals surface area contributed by atoms with Crippen LogP contribution < -0.4 is 10.6 Å². The number of nitrogens with one attached hydrogen (secondary N) is 2. The molecule has 0 aromatic heterocycles. The largest absolute Gasteiger partial charge is 0.347 e. The van der Waals surface area contributed by atoms with Crippen molar-refractivity contribution >= 4 is 11.8 Å². The fourth-order valence-electron chi connectivity index (χ4n) is 3.22.